The lowest BCUT2D eigenvalue weighted by Crippen LogP contribution is -2.53. The van der Waals surface area contributed by atoms with Crippen LogP contribution in [0.1, 0.15) is 43.2 Å². The second kappa shape index (κ2) is 13.2. The number of hydrogen-bond donors (Lipinski definition) is 1. The van der Waals surface area contributed by atoms with Crippen molar-refractivity contribution in [3.8, 4) is 5.75 Å². The summed E-state index contributed by atoms with van der Waals surface area (Å²) < 4.78 is 20.9. The van der Waals surface area contributed by atoms with Gasteiger partial charge in [-0.15, -0.1) is 0 Å². The van der Waals surface area contributed by atoms with Crippen molar-refractivity contribution in [3.63, 3.8) is 0 Å². The van der Waals surface area contributed by atoms with Crippen LogP contribution in [0, 0.1) is 5.82 Å². The number of amides is 2. The van der Waals surface area contributed by atoms with E-state index in [1.54, 1.807) is 18.2 Å². The topological polar surface area (TPSA) is 58.6 Å². The average Bonchev–Trinajstić information content (AvgIpc) is 2.99. The molecule has 1 saturated carbocycles. The number of nitrogens with one attached hydrogen (secondary N) is 1. The number of carbonyl (C=O) groups excluding carboxylic acids is 2. The molecule has 0 unspecified atom stereocenters. The maximum atomic E-state index is 14.8. The van der Waals surface area contributed by atoms with E-state index in [4.69, 9.17) is 4.74 Å². The summed E-state index contributed by atoms with van der Waals surface area (Å²) in [6.07, 6.45) is 5.48. The Morgan fingerprint density at radius 1 is 0.850 bits per heavy atom. The Kier molecular flexibility index (Phi) is 9.07. The first kappa shape index (κ1) is 27.4. The van der Waals surface area contributed by atoms with Crippen LogP contribution in [0.2, 0.25) is 0 Å². The molecule has 0 saturated heterocycles. The highest BCUT2D eigenvalue weighted by Gasteiger charge is 2.32. The molecule has 1 atom stereocenters. The van der Waals surface area contributed by atoms with E-state index in [1.165, 1.54) is 17.4 Å². The first-order valence-corrected chi connectivity index (χ1v) is 14.1. The van der Waals surface area contributed by atoms with Gasteiger partial charge in [0.15, 0.2) is 6.61 Å². The van der Waals surface area contributed by atoms with Crippen molar-refractivity contribution in [1.82, 2.24) is 10.2 Å². The molecule has 4 aromatic rings. The zero-order valence-electron chi connectivity index (χ0n) is 22.6. The summed E-state index contributed by atoms with van der Waals surface area (Å²) in [5.41, 5.74) is 1.28. The molecule has 0 bridgehead atoms. The summed E-state index contributed by atoms with van der Waals surface area (Å²) in [6.45, 7) is -0.315. The van der Waals surface area contributed by atoms with Gasteiger partial charge in [-0.3, -0.25) is 9.59 Å². The number of hydrogen-bond acceptors (Lipinski definition) is 3. The van der Waals surface area contributed by atoms with Crippen LogP contribution in [-0.2, 0) is 22.6 Å². The van der Waals surface area contributed by atoms with Crippen molar-refractivity contribution in [2.45, 2.75) is 57.2 Å². The predicted molar refractivity (Wildman–Crippen MR) is 155 cm³/mol. The molecule has 0 radical (unpaired) electrons. The molecule has 206 valence electrons. The Morgan fingerprint density at radius 3 is 2.35 bits per heavy atom. The van der Waals surface area contributed by atoms with Gasteiger partial charge in [0.1, 0.15) is 17.6 Å². The van der Waals surface area contributed by atoms with E-state index in [2.05, 4.69) is 5.32 Å². The van der Waals surface area contributed by atoms with Crippen LogP contribution >= 0.6 is 0 Å². The minimum atomic E-state index is -0.826. The number of benzene rings is 4. The van der Waals surface area contributed by atoms with Crippen LogP contribution in [0.3, 0.4) is 0 Å². The third-order valence-corrected chi connectivity index (χ3v) is 7.62. The van der Waals surface area contributed by atoms with Gasteiger partial charge in [0.25, 0.3) is 5.91 Å². The summed E-state index contributed by atoms with van der Waals surface area (Å²) in [4.78, 5) is 29.2. The number of fused-ring (bicyclic) bond motifs is 1. The zero-order valence-corrected chi connectivity index (χ0v) is 22.6. The minimum Gasteiger partial charge on any atom is -0.483 e. The van der Waals surface area contributed by atoms with Crippen LogP contribution in [0.5, 0.6) is 5.75 Å². The number of ether oxygens (including phenoxy) is 1. The summed E-state index contributed by atoms with van der Waals surface area (Å²) in [5.74, 6) is -0.425. The Bertz CT molecular complexity index is 1430. The third kappa shape index (κ3) is 6.87. The number of carbonyl (C=O) groups is 2. The Hall–Kier alpha value is -4.19. The quantitative estimate of drug-likeness (QED) is 0.253. The Labute approximate surface area is 235 Å². The van der Waals surface area contributed by atoms with Gasteiger partial charge in [-0.05, 0) is 35.9 Å². The van der Waals surface area contributed by atoms with Gasteiger partial charge in [0.2, 0.25) is 5.91 Å². The minimum absolute atomic E-state index is 0.0417. The van der Waals surface area contributed by atoms with Crippen LogP contribution < -0.4 is 10.1 Å². The molecule has 1 aliphatic rings. The molecule has 0 heterocycles. The lowest BCUT2D eigenvalue weighted by molar-refractivity contribution is -0.143. The highest BCUT2D eigenvalue weighted by molar-refractivity contribution is 5.90. The maximum Gasteiger partial charge on any atom is 0.261 e. The third-order valence-electron chi connectivity index (χ3n) is 7.62. The lowest BCUT2D eigenvalue weighted by atomic mass is 9.94. The molecular formula is C34H35FN2O3. The van der Waals surface area contributed by atoms with Gasteiger partial charge in [-0.2, -0.15) is 0 Å². The van der Waals surface area contributed by atoms with E-state index in [-0.39, 0.29) is 31.0 Å². The average molecular weight is 539 g/mol. The van der Waals surface area contributed by atoms with Crippen LogP contribution in [0.15, 0.2) is 97.1 Å². The van der Waals surface area contributed by atoms with Crippen LogP contribution in [0.4, 0.5) is 4.39 Å². The zero-order chi connectivity index (χ0) is 27.7. The maximum absolute atomic E-state index is 14.8. The number of nitrogens with zero attached hydrogens (tertiary/aromatic N) is 1. The molecule has 0 aliphatic heterocycles. The SMILES string of the molecule is O=C(NC1CCCCC1)[C@H](Cc1ccccc1)N(Cc1ccccc1F)C(=O)COc1cccc2ccccc12. The van der Waals surface area contributed by atoms with Crippen LogP contribution in [0.25, 0.3) is 10.8 Å². The predicted octanol–water partition coefficient (Wildman–Crippen LogP) is 6.45. The Balaban J connectivity index is 1.44. The normalized spacial score (nSPS) is 14.4. The van der Waals surface area contributed by atoms with E-state index in [9.17, 15) is 14.0 Å². The Morgan fingerprint density at radius 2 is 1.55 bits per heavy atom. The molecule has 5 nitrogen and oxygen atoms in total. The van der Waals surface area contributed by atoms with Crippen molar-refractivity contribution in [2.24, 2.45) is 0 Å². The van der Waals surface area contributed by atoms with E-state index >= 15 is 0 Å². The molecule has 1 aliphatic carbocycles. The fourth-order valence-electron chi connectivity index (χ4n) is 5.45. The van der Waals surface area contributed by atoms with E-state index < -0.39 is 11.9 Å². The van der Waals surface area contributed by atoms with E-state index in [0.29, 0.717) is 17.7 Å². The standard InChI is InChI=1S/C34H35FN2O3/c35-30-20-10-8-15-27(30)23-37(33(38)24-40-32-21-11-16-26-14-7-9-19-29(26)32)31(22-25-12-3-1-4-13-25)34(39)36-28-17-5-2-6-18-28/h1,3-4,7-16,19-21,28,31H,2,5-6,17-18,22-24H2,(H,36,39)/t31-/m0/s1. The molecule has 6 heteroatoms. The molecule has 0 aromatic heterocycles. The van der Waals surface area contributed by atoms with Crippen molar-refractivity contribution in [2.75, 3.05) is 6.61 Å². The van der Waals surface area contributed by atoms with Crippen molar-refractivity contribution in [1.29, 1.82) is 0 Å². The first-order chi connectivity index (χ1) is 19.6. The van der Waals surface area contributed by atoms with E-state index in [0.717, 1.165) is 42.0 Å². The molecule has 4 aromatic carbocycles. The fourth-order valence-corrected chi connectivity index (χ4v) is 5.45. The summed E-state index contributed by atoms with van der Waals surface area (Å²) in [6, 6.07) is 28.8. The molecule has 2 amide bonds. The van der Waals surface area contributed by atoms with Gasteiger partial charge in [-0.25, -0.2) is 4.39 Å². The van der Waals surface area contributed by atoms with Gasteiger partial charge < -0.3 is 15.0 Å². The fraction of sp³-hybridized carbons (Fsp3) is 0.294. The number of rotatable bonds is 10. The number of halogens is 1. The highest BCUT2D eigenvalue weighted by Crippen LogP contribution is 2.26. The largest absolute Gasteiger partial charge is 0.483 e. The van der Waals surface area contributed by atoms with Gasteiger partial charge in [0, 0.05) is 30.0 Å². The molecular weight excluding hydrogens is 503 g/mol. The van der Waals surface area contributed by atoms with Gasteiger partial charge in [0.05, 0.1) is 0 Å². The van der Waals surface area contributed by atoms with Crippen molar-refractivity contribution < 1.29 is 18.7 Å². The second-order valence-corrected chi connectivity index (χ2v) is 10.4. The monoisotopic (exact) mass is 538 g/mol. The molecule has 40 heavy (non-hydrogen) atoms. The van der Waals surface area contributed by atoms with Gasteiger partial charge in [-0.1, -0.05) is 104 Å². The van der Waals surface area contributed by atoms with Gasteiger partial charge >= 0.3 is 0 Å². The van der Waals surface area contributed by atoms with E-state index in [1.807, 2.05) is 72.8 Å². The smallest absolute Gasteiger partial charge is 0.261 e. The lowest BCUT2D eigenvalue weighted by Gasteiger charge is -2.33. The summed E-state index contributed by atoms with van der Waals surface area (Å²) in [5, 5.41) is 5.11. The summed E-state index contributed by atoms with van der Waals surface area (Å²) in [7, 11) is 0. The van der Waals surface area contributed by atoms with Crippen molar-refractivity contribution >= 4 is 22.6 Å². The van der Waals surface area contributed by atoms with Crippen molar-refractivity contribution in [3.05, 3.63) is 114 Å². The molecule has 1 fully saturated rings. The molecule has 1 N–H and O–H groups in total. The first-order valence-electron chi connectivity index (χ1n) is 14.1. The second-order valence-electron chi connectivity index (χ2n) is 10.4. The molecule has 0 spiro atoms. The summed E-state index contributed by atoms with van der Waals surface area (Å²) >= 11 is 0. The van der Waals surface area contributed by atoms with Crippen LogP contribution in [-0.4, -0.2) is 35.4 Å². The highest BCUT2D eigenvalue weighted by atomic mass is 19.1. The molecule has 5 rings (SSSR count).